The topological polar surface area (TPSA) is 84.9 Å². The van der Waals surface area contributed by atoms with Crippen molar-refractivity contribution < 1.29 is 35.9 Å². The Morgan fingerprint density at radius 1 is 1.12 bits per heavy atom. The molecule has 0 heterocycles. The van der Waals surface area contributed by atoms with Gasteiger partial charge in [0.15, 0.2) is 11.5 Å². The highest BCUT2D eigenvalue weighted by molar-refractivity contribution is 7.92. The second kappa shape index (κ2) is 9.86. The van der Waals surface area contributed by atoms with E-state index in [-0.39, 0.29) is 5.69 Å². The molecule has 0 aliphatic rings. The molecule has 12 heteroatoms. The summed E-state index contributed by atoms with van der Waals surface area (Å²) in [6.45, 7) is 0.934. The number of carbonyl (C=O) groups excluding carboxylic acids is 1. The first-order chi connectivity index (χ1) is 14.8. The van der Waals surface area contributed by atoms with Crippen LogP contribution in [0.3, 0.4) is 0 Å². The van der Waals surface area contributed by atoms with Gasteiger partial charge in [-0.15, -0.1) is 0 Å². The monoisotopic (exact) mass is 494 g/mol. The van der Waals surface area contributed by atoms with Crippen LogP contribution in [-0.4, -0.2) is 41.3 Å². The van der Waals surface area contributed by atoms with Crippen LogP contribution in [0, 0.1) is 0 Å². The van der Waals surface area contributed by atoms with Gasteiger partial charge in [-0.05, 0) is 42.8 Å². The zero-order valence-electron chi connectivity index (χ0n) is 17.7. The number of nitrogens with one attached hydrogen (secondary N) is 1. The van der Waals surface area contributed by atoms with Gasteiger partial charge in [-0.2, -0.15) is 13.2 Å². The van der Waals surface area contributed by atoms with Gasteiger partial charge in [0.2, 0.25) is 15.9 Å². The first kappa shape index (κ1) is 25.6. The van der Waals surface area contributed by atoms with Crippen LogP contribution in [0.15, 0.2) is 36.4 Å². The third-order valence-corrected chi connectivity index (χ3v) is 5.99. The lowest BCUT2D eigenvalue weighted by Gasteiger charge is -2.24. The maximum Gasteiger partial charge on any atom is 0.417 e. The second-order valence-corrected chi connectivity index (χ2v) is 9.15. The molecule has 0 spiro atoms. The van der Waals surface area contributed by atoms with E-state index in [4.69, 9.17) is 21.1 Å². The van der Waals surface area contributed by atoms with Crippen molar-refractivity contribution in [1.29, 1.82) is 0 Å². The number of anilines is 1. The number of carbonyl (C=O) groups is 1. The Bertz CT molecular complexity index is 1090. The molecule has 0 saturated heterocycles. The molecule has 0 aromatic heterocycles. The number of hydrogen-bond acceptors (Lipinski definition) is 5. The van der Waals surface area contributed by atoms with Crippen LogP contribution in [0.4, 0.5) is 18.9 Å². The van der Waals surface area contributed by atoms with E-state index in [0.29, 0.717) is 27.4 Å². The zero-order chi connectivity index (χ0) is 24.3. The molecule has 2 rings (SSSR count). The number of hydrogen-bond donors (Lipinski definition) is 1. The average Bonchev–Trinajstić information content (AvgIpc) is 2.70. The maximum absolute atomic E-state index is 13.2. The predicted molar refractivity (Wildman–Crippen MR) is 115 cm³/mol. The highest BCUT2D eigenvalue weighted by atomic mass is 35.5. The van der Waals surface area contributed by atoms with Crippen LogP contribution >= 0.6 is 11.6 Å². The van der Waals surface area contributed by atoms with Crippen molar-refractivity contribution in [3.63, 3.8) is 0 Å². The molecular weight excluding hydrogens is 473 g/mol. The van der Waals surface area contributed by atoms with Crippen molar-refractivity contribution in [3.8, 4) is 11.5 Å². The molecule has 0 bridgehead atoms. The average molecular weight is 495 g/mol. The smallest absolute Gasteiger partial charge is 0.417 e. The molecule has 176 valence electrons. The molecule has 0 radical (unpaired) electrons. The minimum absolute atomic E-state index is 0.335. The van der Waals surface area contributed by atoms with E-state index in [1.807, 2.05) is 0 Å². The number of nitrogens with zero attached hydrogens (tertiary/aromatic N) is 1. The summed E-state index contributed by atoms with van der Waals surface area (Å²) in [5.74, 6) is 0.201. The van der Waals surface area contributed by atoms with Crippen LogP contribution in [0.25, 0.3) is 0 Å². The summed E-state index contributed by atoms with van der Waals surface area (Å²) in [5.41, 5.74) is -0.893. The van der Waals surface area contributed by atoms with E-state index >= 15 is 0 Å². The Morgan fingerprint density at radius 2 is 1.75 bits per heavy atom. The molecule has 1 amide bonds. The van der Waals surface area contributed by atoms with Gasteiger partial charge in [-0.1, -0.05) is 17.7 Å². The molecule has 32 heavy (non-hydrogen) atoms. The van der Waals surface area contributed by atoms with Crippen LogP contribution in [0.1, 0.15) is 24.1 Å². The molecule has 0 aliphatic carbocycles. The third-order valence-electron chi connectivity index (χ3n) is 4.52. The Kier molecular flexibility index (Phi) is 7.89. The Hall–Kier alpha value is -2.66. The fourth-order valence-corrected chi connectivity index (χ4v) is 3.98. The van der Waals surface area contributed by atoms with Crippen molar-refractivity contribution in [2.75, 3.05) is 31.3 Å². The fourth-order valence-electron chi connectivity index (χ4n) is 2.91. The Labute approximate surface area is 189 Å². The van der Waals surface area contributed by atoms with Gasteiger partial charge in [0, 0.05) is 0 Å². The molecule has 7 nitrogen and oxygen atoms in total. The molecule has 0 fully saturated rings. The predicted octanol–water partition coefficient (Wildman–Crippen LogP) is 4.02. The minimum atomic E-state index is -4.79. The van der Waals surface area contributed by atoms with Crippen LogP contribution in [0.5, 0.6) is 11.5 Å². The SMILES string of the molecule is COc1ccc([C@@H](C)NC(=O)CN(c2ccc(Cl)c(C(F)(F)F)c2)S(C)(=O)=O)cc1OC. The van der Waals surface area contributed by atoms with Gasteiger partial charge in [0.1, 0.15) is 6.54 Å². The first-order valence-electron chi connectivity index (χ1n) is 9.13. The molecule has 2 aromatic rings. The number of halogens is 4. The van der Waals surface area contributed by atoms with Crippen LogP contribution < -0.4 is 19.1 Å². The van der Waals surface area contributed by atoms with E-state index in [9.17, 15) is 26.4 Å². The summed E-state index contributed by atoms with van der Waals surface area (Å²) in [6, 6.07) is 7.05. The first-order valence-corrected chi connectivity index (χ1v) is 11.4. The summed E-state index contributed by atoms with van der Waals surface area (Å²) < 4.78 is 74.9. The van der Waals surface area contributed by atoms with E-state index in [0.717, 1.165) is 18.4 Å². The van der Waals surface area contributed by atoms with Gasteiger partial charge < -0.3 is 14.8 Å². The number of amides is 1. The van der Waals surface area contributed by atoms with Gasteiger partial charge >= 0.3 is 6.18 Å². The lowest BCUT2D eigenvalue weighted by Crippen LogP contribution is -2.41. The highest BCUT2D eigenvalue weighted by Gasteiger charge is 2.34. The number of methoxy groups -OCH3 is 2. The van der Waals surface area contributed by atoms with Gasteiger partial charge in [0.25, 0.3) is 0 Å². The fraction of sp³-hybridized carbons (Fsp3) is 0.350. The number of sulfonamides is 1. The quantitative estimate of drug-likeness (QED) is 0.599. The molecule has 0 aliphatic heterocycles. The lowest BCUT2D eigenvalue weighted by atomic mass is 10.1. The van der Waals surface area contributed by atoms with E-state index < -0.39 is 45.3 Å². The molecule has 1 N–H and O–H groups in total. The molecular formula is C20H22ClF3N2O5S. The summed E-state index contributed by atoms with van der Waals surface area (Å²) in [7, 11) is -1.15. The number of ether oxygens (including phenoxy) is 2. The number of alkyl halides is 3. The van der Waals surface area contributed by atoms with E-state index in [1.54, 1.807) is 25.1 Å². The van der Waals surface area contributed by atoms with E-state index in [1.165, 1.54) is 14.2 Å². The summed E-state index contributed by atoms with van der Waals surface area (Å²) in [4.78, 5) is 12.6. The summed E-state index contributed by atoms with van der Waals surface area (Å²) >= 11 is 5.60. The molecule has 0 saturated carbocycles. The van der Waals surface area contributed by atoms with Crippen molar-refractivity contribution in [2.24, 2.45) is 0 Å². The Morgan fingerprint density at radius 3 is 2.28 bits per heavy atom. The second-order valence-electron chi connectivity index (χ2n) is 6.84. The highest BCUT2D eigenvalue weighted by Crippen LogP contribution is 2.37. The van der Waals surface area contributed by atoms with E-state index in [2.05, 4.69) is 5.32 Å². The van der Waals surface area contributed by atoms with Gasteiger partial charge in [-0.3, -0.25) is 9.10 Å². The van der Waals surface area contributed by atoms with Gasteiger partial charge in [-0.25, -0.2) is 8.42 Å². The van der Waals surface area contributed by atoms with Gasteiger partial charge in [0.05, 0.1) is 42.8 Å². The lowest BCUT2D eigenvalue weighted by molar-refractivity contribution is -0.137. The molecule has 1 atom stereocenters. The van der Waals surface area contributed by atoms with Crippen LogP contribution in [-0.2, 0) is 21.0 Å². The standard InChI is InChI=1S/C20H22ClF3N2O5S/c1-12(13-5-8-17(30-2)18(9-13)31-3)25-19(27)11-26(32(4,28)29)14-6-7-16(21)15(10-14)20(22,23)24/h5-10,12H,11H2,1-4H3,(H,25,27)/t12-/m1/s1. The van der Waals surface area contributed by atoms with Crippen molar-refractivity contribution in [1.82, 2.24) is 5.32 Å². The normalized spacial score (nSPS) is 12.8. The Balaban J connectivity index is 2.27. The van der Waals surface area contributed by atoms with Crippen molar-refractivity contribution in [2.45, 2.75) is 19.1 Å². The number of rotatable bonds is 8. The third kappa shape index (κ3) is 6.19. The summed E-state index contributed by atoms with van der Waals surface area (Å²) in [6.07, 6.45) is -4.00. The largest absolute Gasteiger partial charge is 0.493 e. The summed E-state index contributed by atoms with van der Waals surface area (Å²) in [5, 5.41) is 2.04. The van der Waals surface area contributed by atoms with Crippen molar-refractivity contribution >= 4 is 33.2 Å². The zero-order valence-corrected chi connectivity index (χ0v) is 19.2. The maximum atomic E-state index is 13.2. The number of benzene rings is 2. The minimum Gasteiger partial charge on any atom is -0.493 e. The molecule has 0 unspecified atom stereocenters. The van der Waals surface area contributed by atoms with Crippen LogP contribution in [0.2, 0.25) is 5.02 Å². The van der Waals surface area contributed by atoms with Crippen molar-refractivity contribution in [3.05, 3.63) is 52.5 Å². The molecule has 2 aromatic carbocycles.